The summed E-state index contributed by atoms with van der Waals surface area (Å²) in [5.41, 5.74) is -1.10. The van der Waals surface area contributed by atoms with Crippen LogP contribution in [0.15, 0.2) is 0 Å². The number of carbonyl (C=O) groups is 1. The third kappa shape index (κ3) is 4.91. The van der Waals surface area contributed by atoms with Gasteiger partial charge in [0.15, 0.2) is 9.84 Å². The number of nitrogens with one attached hydrogen (secondary N) is 1. The van der Waals surface area contributed by atoms with Gasteiger partial charge in [0.25, 0.3) is 0 Å². The van der Waals surface area contributed by atoms with E-state index in [1.165, 1.54) is 13.8 Å². The molecule has 1 amide bonds. The van der Waals surface area contributed by atoms with Crippen LogP contribution in [0.1, 0.15) is 20.8 Å². The molecule has 0 aromatic rings. The first kappa shape index (κ1) is 17.3. The van der Waals surface area contributed by atoms with E-state index in [1.807, 2.05) is 0 Å². The zero-order valence-corrected chi connectivity index (χ0v) is 12.8. The number of rotatable bonds is 6. The van der Waals surface area contributed by atoms with E-state index in [1.54, 1.807) is 25.9 Å². The average molecular weight is 280 g/mol. The maximum absolute atomic E-state index is 11.8. The van der Waals surface area contributed by atoms with Crippen LogP contribution in [0, 0.1) is 0 Å². The van der Waals surface area contributed by atoms with Crippen molar-refractivity contribution in [3.8, 4) is 0 Å². The van der Waals surface area contributed by atoms with Crippen molar-refractivity contribution in [2.75, 3.05) is 33.4 Å². The number of likely N-dealkylation sites (N-methyl/N-ethyl adjacent to an activating group) is 1. The Hall–Kier alpha value is -0.660. The lowest BCUT2D eigenvalue weighted by Gasteiger charge is -2.29. The van der Waals surface area contributed by atoms with Gasteiger partial charge in [0.05, 0.1) is 5.60 Å². The van der Waals surface area contributed by atoms with Crippen molar-refractivity contribution in [1.29, 1.82) is 0 Å². The lowest BCUT2D eigenvalue weighted by molar-refractivity contribution is -0.124. The van der Waals surface area contributed by atoms with Crippen LogP contribution in [0.4, 0.5) is 0 Å². The van der Waals surface area contributed by atoms with E-state index in [-0.39, 0.29) is 6.54 Å². The first-order chi connectivity index (χ1) is 7.79. The van der Waals surface area contributed by atoms with Crippen molar-refractivity contribution in [2.45, 2.75) is 31.1 Å². The van der Waals surface area contributed by atoms with Crippen LogP contribution in [0.5, 0.6) is 0 Å². The Morgan fingerprint density at radius 3 is 2.06 bits per heavy atom. The summed E-state index contributed by atoms with van der Waals surface area (Å²) >= 11 is 0. The molecule has 0 fully saturated rings. The molecule has 7 heteroatoms. The van der Waals surface area contributed by atoms with Crippen molar-refractivity contribution in [3.63, 3.8) is 0 Å². The van der Waals surface area contributed by atoms with Crippen molar-refractivity contribution < 1.29 is 18.3 Å². The molecule has 0 aromatic carbocycles. The molecule has 1 unspecified atom stereocenters. The largest absolute Gasteiger partial charge is 0.387 e. The van der Waals surface area contributed by atoms with Crippen LogP contribution in [0.3, 0.4) is 0 Å². The minimum atomic E-state index is -3.50. The number of hydrogen-bond acceptors (Lipinski definition) is 5. The van der Waals surface area contributed by atoms with E-state index in [4.69, 9.17) is 0 Å². The topological polar surface area (TPSA) is 86.7 Å². The monoisotopic (exact) mass is 280 g/mol. The van der Waals surface area contributed by atoms with Gasteiger partial charge in [-0.3, -0.25) is 4.79 Å². The Kier molecular flexibility index (Phi) is 5.34. The van der Waals surface area contributed by atoms with Gasteiger partial charge in [-0.05, 0) is 34.9 Å². The summed E-state index contributed by atoms with van der Waals surface area (Å²) < 4.78 is 21.4. The highest BCUT2D eigenvalue weighted by Gasteiger charge is 2.39. The van der Waals surface area contributed by atoms with Crippen molar-refractivity contribution >= 4 is 15.7 Å². The lowest BCUT2D eigenvalue weighted by Crippen LogP contribution is -2.53. The second-order valence-electron chi connectivity index (χ2n) is 5.70. The molecule has 0 aromatic heterocycles. The molecule has 0 aliphatic rings. The second kappa shape index (κ2) is 5.54. The summed E-state index contributed by atoms with van der Waals surface area (Å²) in [5.74, 6) is -0.607. The number of nitrogens with zero attached hydrogens (tertiary/aromatic N) is 1. The third-order valence-corrected chi connectivity index (χ3v) is 4.80. The molecule has 0 bridgehead atoms. The van der Waals surface area contributed by atoms with E-state index in [2.05, 4.69) is 5.32 Å². The quantitative estimate of drug-likeness (QED) is 0.668. The zero-order valence-electron chi connectivity index (χ0n) is 11.9. The first-order valence-corrected chi connectivity index (χ1v) is 7.54. The SMILES string of the molecule is CN(C)CC(C)(O)CNC(=O)C(C)(C)S(C)(=O)=O. The molecule has 0 aliphatic heterocycles. The molecule has 2 N–H and O–H groups in total. The predicted molar refractivity (Wildman–Crippen MR) is 71.1 cm³/mol. The molecule has 18 heavy (non-hydrogen) atoms. The Labute approximate surface area is 109 Å². The Bertz CT molecular complexity index is 399. The normalized spacial score (nSPS) is 16.4. The number of amides is 1. The number of carbonyl (C=O) groups excluding carboxylic acids is 1. The average Bonchev–Trinajstić information content (AvgIpc) is 2.10. The Balaban J connectivity index is 4.62. The smallest absolute Gasteiger partial charge is 0.240 e. The molecule has 0 saturated carbocycles. The predicted octanol–water partition coefficient (Wildman–Crippen LogP) is -0.762. The summed E-state index contributed by atoms with van der Waals surface area (Å²) in [5, 5.41) is 12.5. The fourth-order valence-electron chi connectivity index (χ4n) is 1.39. The summed E-state index contributed by atoms with van der Waals surface area (Å²) in [7, 11) is 0.108. The molecule has 0 heterocycles. The Morgan fingerprint density at radius 1 is 1.28 bits per heavy atom. The Morgan fingerprint density at radius 2 is 1.72 bits per heavy atom. The molecule has 0 saturated heterocycles. The van der Waals surface area contributed by atoms with E-state index >= 15 is 0 Å². The molecular weight excluding hydrogens is 256 g/mol. The first-order valence-electron chi connectivity index (χ1n) is 5.64. The van der Waals surface area contributed by atoms with Gasteiger partial charge >= 0.3 is 0 Å². The maximum atomic E-state index is 11.8. The van der Waals surface area contributed by atoms with Gasteiger partial charge in [0.2, 0.25) is 5.91 Å². The van der Waals surface area contributed by atoms with E-state index in [0.717, 1.165) is 6.26 Å². The van der Waals surface area contributed by atoms with Crippen molar-refractivity contribution in [1.82, 2.24) is 10.2 Å². The molecule has 1 atom stereocenters. The van der Waals surface area contributed by atoms with Crippen LogP contribution >= 0.6 is 0 Å². The fourth-order valence-corrected chi connectivity index (χ4v) is 1.80. The second-order valence-corrected chi connectivity index (χ2v) is 8.26. The highest BCUT2D eigenvalue weighted by atomic mass is 32.2. The van der Waals surface area contributed by atoms with Crippen LogP contribution in [0.25, 0.3) is 0 Å². The third-order valence-electron chi connectivity index (χ3n) is 2.76. The summed E-state index contributed by atoms with van der Waals surface area (Å²) in [4.78, 5) is 13.6. The van der Waals surface area contributed by atoms with Gasteiger partial charge in [-0.1, -0.05) is 0 Å². The van der Waals surface area contributed by atoms with Gasteiger partial charge in [-0.25, -0.2) is 8.42 Å². The number of hydrogen-bond donors (Lipinski definition) is 2. The van der Waals surface area contributed by atoms with Crippen LogP contribution in [-0.2, 0) is 14.6 Å². The van der Waals surface area contributed by atoms with Crippen molar-refractivity contribution in [2.24, 2.45) is 0 Å². The van der Waals surface area contributed by atoms with Crippen LogP contribution < -0.4 is 5.32 Å². The fraction of sp³-hybridized carbons (Fsp3) is 0.909. The van der Waals surface area contributed by atoms with E-state index in [0.29, 0.717) is 6.54 Å². The standard InChI is InChI=1S/C11H24N2O4S/c1-10(2,18(6,16)17)9(14)12-7-11(3,15)8-13(4)5/h15H,7-8H2,1-6H3,(H,12,14). The highest BCUT2D eigenvalue weighted by molar-refractivity contribution is 7.92. The van der Waals surface area contributed by atoms with E-state index < -0.39 is 26.1 Å². The van der Waals surface area contributed by atoms with Gasteiger partial charge in [-0.2, -0.15) is 0 Å². The molecule has 0 rings (SSSR count). The van der Waals surface area contributed by atoms with Crippen LogP contribution in [-0.4, -0.2) is 68.1 Å². The maximum Gasteiger partial charge on any atom is 0.240 e. The summed E-state index contributed by atoms with van der Waals surface area (Å²) in [6, 6.07) is 0. The number of aliphatic hydroxyl groups is 1. The van der Waals surface area contributed by atoms with Gasteiger partial charge in [-0.15, -0.1) is 0 Å². The van der Waals surface area contributed by atoms with Crippen molar-refractivity contribution in [3.05, 3.63) is 0 Å². The van der Waals surface area contributed by atoms with E-state index in [9.17, 15) is 18.3 Å². The zero-order chi connectivity index (χ0) is 14.8. The molecule has 6 nitrogen and oxygen atoms in total. The summed E-state index contributed by atoms with van der Waals surface area (Å²) in [6.07, 6.45) is 1.02. The van der Waals surface area contributed by atoms with Gasteiger partial charge < -0.3 is 15.3 Å². The minimum absolute atomic E-state index is 0.00294. The minimum Gasteiger partial charge on any atom is -0.387 e. The van der Waals surface area contributed by atoms with Crippen LogP contribution in [0.2, 0.25) is 0 Å². The molecular formula is C11H24N2O4S. The molecule has 0 aliphatic carbocycles. The molecule has 0 spiro atoms. The highest BCUT2D eigenvalue weighted by Crippen LogP contribution is 2.15. The molecule has 108 valence electrons. The van der Waals surface area contributed by atoms with Gasteiger partial charge in [0, 0.05) is 19.3 Å². The number of sulfone groups is 1. The summed E-state index contributed by atoms with van der Waals surface area (Å²) in [6.45, 7) is 4.65. The van der Waals surface area contributed by atoms with Gasteiger partial charge in [0.1, 0.15) is 4.75 Å². The molecule has 0 radical (unpaired) electrons. The lowest BCUT2D eigenvalue weighted by atomic mass is 10.1.